The normalized spacial score (nSPS) is 13.9. The van der Waals surface area contributed by atoms with Gasteiger partial charge in [0.1, 0.15) is 0 Å². The number of nitrogens with zero attached hydrogens (tertiary/aromatic N) is 2. The molecular weight excluding hydrogens is 382 g/mol. The summed E-state index contributed by atoms with van der Waals surface area (Å²) in [4.78, 5) is 24.3. The van der Waals surface area contributed by atoms with Crippen LogP contribution >= 0.6 is 0 Å². The number of nitro groups is 1. The molecule has 0 spiro atoms. The van der Waals surface area contributed by atoms with Crippen molar-refractivity contribution in [3.05, 3.63) is 58.1 Å². The van der Waals surface area contributed by atoms with Crippen LogP contribution in [0.15, 0.2) is 47.4 Å². The fourth-order valence-corrected chi connectivity index (χ4v) is 4.33. The molecule has 2 aromatic rings. The van der Waals surface area contributed by atoms with Crippen LogP contribution in [0.4, 0.5) is 17.1 Å². The van der Waals surface area contributed by atoms with Crippen LogP contribution < -0.4 is 9.62 Å². The summed E-state index contributed by atoms with van der Waals surface area (Å²) >= 11 is 0. The molecule has 1 aliphatic rings. The maximum atomic E-state index is 12.7. The van der Waals surface area contributed by atoms with E-state index in [1.165, 1.54) is 18.2 Å². The Morgan fingerprint density at radius 1 is 1.18 bits per heavy atom. The number of hydrogen-bond acceptors (Lipinski definition) is 5. The van der Waals surface area contributed by atoms with Crippen molar-refractivity contribution in [3.63, 3.8) is 0 Å². The van der Waals surface area contributed by atoms with Crippen LogP contribution in [0, 0.1) is 15.5 Å². The van der Waals surface area contributed by atoms with Gasteiger partial charge in [0.15, 0.2) is 4.90 Å². The molecule has 0 unspecified atom stereocenters. The minimum absolute atomic E-state index is 0.0510. The molecule has 148 valence electrons. The van der Waals surface area contributed by atoms with Crippen LogP contribution in [0.2, 0.25) is 0 Å². The number of nitrogens with one attached hydrogen (secondary N) is 1. The Bertz CT molecular complexity index is 1060. The van der Waals surface area contributed by atoms with Crippen molar-refractivity contribution in [1.82, 2.24) is 0 Å². The largest absolute Gasteiger partial charge is 0.311 e. The molecule has 2 aromatic carbocycles. The quantitative estimate of drug-likeness (QED) is 0.622. The number of rotatable bonds is 4. The predicted octanol–water partition coefficient (Wildman–Crippen LogP) is 3.33. The van der Waals surface area contributed by atoms with E-state index in [-0.39, 0.29) is 11.6 Å². The maximum absolute atomic E-state index is 12.7. The number of para-hydroxylation sites is 1. The average molecular weight is 403 g/mol. The maximum Gasteiger partial charge on any atom is 0.289 e. The van der Waals surface area contributed by atoms with Gasteiger partial charge in [0.2, 0.25) is 5.91 Å². The van der Waals surface area contributed by atoms with E-state index in [9.17, 15) is 23.3 Å². The first-order chi connectivity index (χ1) is 13.0. The van der Waals surface area contributed by atoms with E-state index in [0.29, 0.717) is 18.7 Å². The summed E-state index contributed by atoms with van der Waals surface area (Å²) < 4.78 is 27.8. The van der Waals surface area contributed by atoms with Crippen LogP contribution in [0.25, 0.3) is 0 Å². The average Bonchev–Trinajstić information content (AvgIpc) is 3.03. The van der Waals surface area contributed by atoms with E-state index in [2.05, 4.69) is 4.72 Å². The lowest BCUT2D eigenvalue weighted by Gasteiger charge is -2.26. The van der Waals surface area contributed by atoms with E-state index in [0.717, 1.165) is 11.6 Å². The number of hydrogen-bond donors (Lipinski definition) is 1. The van der Waals surface area contributed by atoms with Crippen molar-refractivity contribution in [2.45, 2.75) is 32.1 Å². The zero-order chi connectivity index (χ0) is 20.7. The van der Waals surface area contributed by atoms with E-state index < -0.39 is 30.9 Å². The highest BCUT2D eigenvalue weighted by Gasteiger charge is 2.33. The van der Waals surface area contributed by atoms with Crippen molar-refractivity contribution in [1.29, 1.82) is 0 Å². The molecule has 8 nitrogen and oxygen atoms in total. The second-order valence-corrected chi connectivity index (χ2v) is 9.28. The van der Waals surface area contributed by atoms with E-state index in [1.807, 2.05) is 20.8 Å². The molecule has 3 rings (SSSR count). The molecule has 0 aromatic heterocycles. The molecule has 0 saturated heterocycles. The number of benzene rings is 2. The van der Waals surface area contributed by atoms with Gasteiger partial charge in [-0.3, -0.25) is 19.6 Å². The summed E-state index contributed by atoms with van der Waals surface area (Å²) in [6, 6.07) is 10.1. The number of fused-ring (bicyclic) bond motifs is 1. The number of amides is 1. The lowest BCUT2D eigenvalue weighted by Crippen LogP contribution is -2.38. The molecule has 1 amide bonds. The standard InChI is InChI=1S/C19H21N3O5S/c1-19(2,3)18(23)21-11-10-13-8-9-14(12-16(13)21)20-28(26,27)17-7-5-4-6-15(17)22(24)25/h4-9,12,20H,10-11H2,1-3H3. The van der Waals surface area contributed by atoms with E-state index in [1.54, 1.807) is 23.1 Å². The number of carbonyl (C=O) groups excluding carboxylic acids is 1. The van der Waals surface area contributed by atoms with Crippen LogP contribution in [-0.4, -0.2) is 25.8 Å². The highest BCUT2D eigenvalue weighted by atomic mass is 32.2. The zero-order valence-electron chi connectivity index (χ0n) is 15.8. The lowest BCUT2D eigenvalue weighted by atomic mass is 9.94. The van der Waals surface area contributed by atoms with Gasteiger partial charge in [0, 0.05) is 23.7 Å². The van der Waals surface area contributed by atoms with Gasteiger partial charge in [-0.15, -0.1) is 0 Å². The van der Waals surface area contributed by atoms with Crippen molar-refractivity contribution in [3.8, 4) is 0 Å². The Morgan fingerprint density at radius 3 is 2.50 bits per heavy atom. The summed E-state index contributed by atoms with van der Waals surface area (Å²) in [6.45, 7) is 6.02. The lowest BCUT2D eigenvalue weighted by molar-refractivity contribution is -0.387. The third-order valence-corrected chi connectivity index (χ3v) is 5.90. The summed E-state index contributed by atoms with van der Waals surface area (Å²) in [7, 11) is -4.17. The molecular formula is C19H21N3O5S. The first kappa shape index (κ1) is 19.8. The van der Waals surface area contributed by atoms with Crippen LogP contribution in [0.3, 0.4) is 0 Å². The molecule has 0 aliphatic carbocycles. The number of nitro benzene ring substituents is 1. The van der Waals surface area contributed by atoms with Gasteiger partial charge in [0.05, 0.1) is 10.6 Å². The second kappa shape index (κ2) is 6.90. The molecule has 1 aliphatic heterocycles. The minimum Gasteiger partial charge on any atom is -0.311 e. The molecule has 0 bridgehead atoms. The fraction of sp³-hybridized carbons (Fsp3) is 0.316. The van der Waals surface area contributed by atoms with Gasteiger partial charge in [-0.2, -0.15) is 0 Å². The predicted molar refractivity (Wildman–Crippen MR) is 106 cm³/mol. The summed E-state index contributed by atoms with van der Waals surface area (Å²) in [6.07, 6.45) is 0.689. The van der Waals surface area contributed by atoms with Gasteiger partial charge in [-0.25, -0.2) is 8.42 Å². The summed E-state index contributed by atoms with van der Waals surface area (Å²) in [5, 5.41) is 11.2. The topological polar surface area (TPSA) is 110 Å². The molecule has 0 atom stereocenters. The second-order valence-electron chi connectivity index (χ2n) is 7.63. The fourth-order valence-electron chi connectivity index (χ4n) is 3.10. The Labute approximate surface area is 163 Å². The van der Waals surface area contributed by atoms with Crippen LogP contribution in [0.5, 0.6) is 0 Å². The molecule has 0 radical (unpaired) electrons. The minimum atomic E-state index is -4.17. The Balaban J connectivity index is 1.95. The first-order valence-electron chi connectivity index (χ1n) is 8.72. The van der Waals surface area contributed by atoms with Gasteiger partial charge >= 0.3 is 0 Å². The smallest absolute Gasteiger partial charge is 0.289 e. The molecule has 0 saturated carbocycles. The van der Waals surface area contributed by atoms with E-state index in [4.69, 9.17) is 0 Å². The Kier molecular flexibility index (Phi) is 4.88. The van der Waals surface area contributed by atoms with E-state index >= 15 is 0 Å². The Hall–Kier alpha value is -2.94. The highest BCUT2D eigenvalue weighted by molar-refractivity contribution is 7.92. The van der Waals surface area contributed by atoms with Crippen molar-refractivity contribution in [2.24, 2.45) is 5.41 Å². The summed E-state index contributed by atoms with van der Waals surface area (Å²) in [5.41, 5.74) is 0.780. The monoisotopic (exact) mass is 403 g/mol. The molecule has 0 fully saturated rings. The first-order valence-corrected chi connectivity index (χ1v) is 10.2. The third-order valence-electron chi connectivity index (χ3n) is 4.47. The van der Waals surface area contributed by atoms with Crippen LogP contribution in [-0.2, 0) is 21.2 Å². The highest BCUT2D eigenvalue weighted by Crippen LogP contribution is 2.35. The van der Waals surface area contributed by atoms with Crippen molar-refractivity contribution < 1.29 is 18.1 Å². The molecule has 1 heterocycles. The van der Waals surface area contributed by atoms with Gasteiger partial charge in [-0.05, 0) is 30.2 Å². The Morgan fingerprint density at radius 2 is 1.86 bits per heavy atom. The summed E-state index contributed by atoms with van der Waals surface area (Å²) in [5.74, 6) is -0.0510. The number of carbonyl (C=O) groups is 1. The van der Waals surface area contributed by atoms with Gasteiger partial charge < -0.3 is 4.90 Å². The SMILES string of the molecule is CC(C)(C)C(=O)N1CCc2ccc(NS(=O)(=O)c3ccccc3[N+](=O)[O-])cc21. The zero-order valence-corrected chi connectivity index (χ0v) is 16.6. The van der Waals surface area contributed by atoms with Crippen LogP contribution in [0.1, 0.15) is 26.3 Å². The van der Waals surface area contributed by atoms with Crippen molar-refractivity contribution >= 4 is 33.0 Å². The number of sulfonamides is 1. The van der Waals surface area contributed by atoms with Crippen molar-refractivity contribution in [2.75, 3.05) is 16.2 Å². The number of anilines is 2. The third kappa shape index (κ3) is 3.70. The molecule has 28 heavy (non-hydrogen) atoms. The van der Waals surface area contributed by atoms with Gasteiger partial charge in [-0.1, -0.05) is 39.0 Å². The molecule has 9 heteroatoms. The molecule has 1 N–H and O–H groups in total. The van der Waals surface area contributed by atoms with Gasteiger partial charge in [0.25, 0.3) is 15.7 Å².